The van der Waals surface area contributed by atoms with E-state index < -0.39 is 0 Å². The normalized spacial score (nSPS) is 11.6. The summed E-state index contributed by atoms with van der Waals surface area (Å²) >= 11 is 5.65. The summed E-state index contributed by atoms with van der Waals surface area (Å²) in [6, 6.07) is 2.02. The Balaban J connectivity index is 2.73. The van der Waals surface area contributed by atoms with Crippen molar-refractivity contribution in [1.82, 2.24) is 4.98 Å². The van der Waals surface area contributed by atoms with Gasteiger partial charge < -0.3 is 4.74 Å². The zero-order valence-corrected chi connectivity index (χ0v) is 10.6. The maximum absolute atomic E-state index is 5.65. The van der Waals surface area contributed by atoms with Gasteiger partial charge in [-0.25, -0.2) is 0 Å². The number of nitrogens with zero attached hydrogens (tertiary/aromatic N) is 1. The molecule has 0 radical (unpaired) electrons. The molecule has 0 aromatic carbocycles. The molecule has 2 nitrogen and oxygen atoms in total. The number of pyridine rings is 1. The summed E-state index contributed by atoms with van der Waals surface area (Å²) in [5, 5.41) is 0. The first-order valence-electron chi connectivity index (χ1n) is 5.59. The Hall–Kier alpha value is -1.02. The van der Waals surface area contributed by atoms with Gasteiger partial charge in [0.1, 0.15) is 5.75 Å². The molecule has 0 saturated heterocycles. The minimum atomic E-state index is 0.650. The first-order chi connectivity index (χ1) is 7.77. The van der Waals surface area contributed by atoms with E-state index in [0.29, 0.717) is 5.88 Å². The minimum Gasteiger partial charge on any atom is -0.492 e. The highest BCUT2D eigenvalue weighted by Crippen LogP contribution is 2.19. The van der Waals surface area contributed by atoms with E-state index in [1.807, 2.05) is 12.3 Å². The third-order valence-corrected chi connectivity index (χ3v) is 2.42. The fourth-order valence-electron chi connectivity index (χ4n) is 1.32. The van der Waals surface area contributed by atoms with E-state index in [1.54, 1.807) is 6.20 Å². The number of aromatic nitrogens is 1. The van der Waals surface area contributed by atoms with Crippen molar-refractivity contribution in [3.8, 4) is 5.75 Å². The van der Waals surface area contributed by atoms with Crippen LogP contribution in [0, 0.1) is 0 Å². The summed E-state index contributed by atoms with van der Waals surface area (Å²) in [6.45, 7) is 4.88. The maximum Gasteiger partial charge on any atom is 0.138 e. The average Bonchev–Trinajstić information content (AvgIpc) is 2.33. The predicted octanol–water partition coefficient (Wildman–Crippen LogP) is 3.90. The topological polar surface area (TPSA) is 22.1 Å². The molecule has 0 unspecified atom stereocenters. The van der Waals surface area contributed by atoms with Gasteiger partial charge in [0.15, 0.2) is 0 Å². The second kappa shape index (κ2) is 7.29. The van der Waals surface area contributed by atoms with E-state index >= 15 is 0 Å². The van der Waals surface area contributed by atoms with Crippen LogP contribution in [0.3, 0.4) is 0 Å². The molecule has 0 bridgehead atoms. The molecular weight excluding hydrogens is 222 g/mol. The van der Waals surface area contributed by atoms with Crippen molar-refractivity contribution in [2.75, 3.05) is 12.5 Å². The number of alkyl halides is 1. The van der Waals surface area contributed by atoms with E-state index in [9.17, 15) is 0 Å². The van der Waals surface area contributed by atoms with Crippen LogP contribution in [0.5, 0.6) is 5.75 Å². The number of rotatable bonds is 6. The smallest absolute Gasteiger partial charge is 0.138 e. The van der Waals surface area contributed by atoms with Crippen LogP contribution in [0.2, 0.25) is 0 Å². The molecule has 0 N–H and O–H groups in total. The molecule has 0 saturated carbocycles. The Morgan fingerprint density at radius 3 is 3.00 bits per heavy atom. The quantitative estimate of drug-likeness (QED) is 0.703. The molecule has 16 heavy (non-hydrogen) atoms. The number of halogens is 1. The first kappa shape index (κ1) is 13.0. The lowest BCUT2D eigenvalue weighted by molar-refractivity contribution is 0.316. The second-order valence-corrected chi connectivity index (χ2v) is 4.00. The van der Waals surface area contributed by atoms with Gasteiger partial charge in [0, 0.05) is 12.1 Å². The lowest BCUT2D eigenvalue weighted by atomic mass is 10.1. The van der Waals surface area contributed by atoms with Crippen molar-refractivity contribution >= 4 is 17.2 Å². The van der Waals surface area contributed by atoms with Crippen LogP contribution in [-0.2, 0) is 0 Å². The van der Waals surface area contributed by atoms with Crippen LogP contribution >= 0.6 is 11.6 Å². The summed E-state index contributed by atoms with van der Waals surface area (Å²) in [7, 11) is 0. The molecule has 1 heterocycles. The Kier molecular flexibility index (Phi) is 5.94. The molecule has 0 fully saturated rings. The Morgan fingerprint density at radius 2 is 2.31 bits per heavy atom. The van der Waals surface area contributed by atoms with Crippen molar-refractivity contribution in [1.29, 1.82) is 0 Å². The van der Waals surface area contributed by atoms with Crippen molar-refractivity contribution in [3.05, 3.63) is 30.1 Å². The van der Waals surface area contributed by atoms with Crippen LogP contribution in [0.1, 0.15) is 32.3 Å². The standard InChI is InChI=1S/C13H18ClNO/c1-3-7-16-13-8-12(9-15-10-13)11(2)5-4-6-14/h5,8-10H,3-4,6-7H2,1-2H3/b11-5+. The molecule has 1 aromatic rings. The lowest BCUT2D eigenvalue weighted by Crippen LogP contribution is -1.96. The van der Waals surface area contributed by atoms with E-state index in [-0.39, 0.29) is 0 Å². The molecule has 88 valence electrons. The van der Waals surface area contributed by atoms with Crippen molar-refractivity contribution in [2.24, 2.45) is 0 Å². The summed E-state index contributed by atoms with van der Waals surface area (Å²) in [4.78, 5) is 4.17. The molecule has 1 aromatic heterocycles. The Bertz CT molecular complexity index is 350. The summed E-state index contributed by atoms with van der Waals surface area (Å²) in [5.74, 6) is 1.48. The Morgan fingerprint density at radius 1 is 1.50 bits per heavy atom. The Labute approximate surface area is 102 Å². The number of hydrogen-bond donors (Lipinski definition) is 0. The van der Waals surface area contributed by atoms with E-state index in [1.165, 1.54) is 5.57 Å². The maximum atomic E-state index is 5.65. The highest BCUT2D eigenvalue weighted by Gasteiger charge is 1.99. The predicted molar refractivity (Wildman–Crippen MR) is 69.0 cm³/mol. The van der Waals surface area contributed by atoms with Gasteiger partial charge in [-0.15, -0.1) is 11.6 Å². The highest BCUT2D eigenvalue weighted by atomic mass is 35.5. The number of hydrogen-bond acceptors (Lipinski definition) is 2. The summed E-state index contributed by atoms with van der Waals surface area (Å²) < 4.78 is 5.53. The third kappa shape index (κ3) is 4.23. The SMILES string of the molecule is CCCOc1cncc(/C(C)=C/CCCl)c1. The average molecular weight is 240 g/mol. The monoisotopic (exact) mass is 239 g/mol. The fourth-order valence-corrected chi connectivity index (χ4v) is 1.43. The van der Waals surface area contributed by atoms with Gasteiger partial charge >= 0.3 is 0 Å². The molecule has 1 rings (SSSR count). The number of ether oxygens (including phenoxy) is 1. The summed E-state index contributed by atoms with van der Waals surface area (Å²) in [6.07, 6.45) is 7.60. The van der Waals surface area contributed by atoms with Gasteiger partial charge in [-0.05, 0) is 37.0 Å². The van der Waals surface area contributed by atoms with E-state index in [2.05, 4.69) is 24.9 Å². The summed E-state index contributed by atoms with van der Waals surface area (Å²) in [5.41, 5.74) is 2.29. The van der Waals surface area contributed by atoms with Gasteiger partial charge in [-0.3, -0.25) is 4.98 Å². The van der Waals surface area contributed by atoms with Crippen LogP contribution < -0.4 is 4.74 Å². The number of allylic oxidation sites excluding steroid dienone is 2. The van der Waals surface area contributed by atoms with Crippen LogP contribution in [-0.4, -0.2) is 17.5 Å². The van der Waals surface area contributed by atoms with Gasteiger partial charge in [0.2, 0.25) is 0 Å². The van der Waals surface area contributed by atoms with Crippen molar-refractivity contribution < 1.29 is 4.74 Å². The van der Waals surface area contributed by atoms with Crippen LogP contribution in [0.25, 0.3) is 5.57 Å². The highest BCUT2D eigenvalue weighted by molar-refractivity contribution is 6.17. The van der Waals surface area contributed by atoms with Gasteiger partial charge in [-0.1, -0.05) is 13.0 Å². The van der Waals surface area contributed by atoms with Crippen molar-refractivity contribution in [2.45, 2.75) is 26.7 Å². The van der Waals surface area contributed by atoms with Gasteiger partial charge in [0.25, 0.3) is 0 Å². The molecule has 0 aliphatic heterocycles. The molecule has 0 atom stereocenters. The molecule has 3 heteroatoms. The van der Waals surface area contributed by atoms with Crippen LogP contribution in [0.15, 0.2) is 24.5 Å². The molecule has 0 spiro atoms. The van der Waals surface area contributed by atoms with Gasteiger partial charge in [0.05, 0.1) is 12.8 Å². The molecule has 0 aliphatic rings. The van der Waals surface area contributed by atoms with Crippen molar-refractivity contribution in [3.63, 3.8) is 0 Å². The zero-order valence-electron chi connectivity index (χ0n) is 9.87. The fraction of sp³-hybridized carbons (Fsp3) is 0.462. The van der Waals surface area contributed by atoms with E-state index in [4.69, 9.17) is 16.3 Å². The van der Waals surface area contributed by atoms with Crippen LogP contribution in [0.4, 0.5) is 0 Å². The first-order valence-corrected chi connectivity index (χ1v) is 6.12. The largest absolute Gasteiger partial charge is 0.492 e. The molecule has 0 aliphatic carbocycles. The minimum absolute atomic E-state index is 0.650. The molecule has 0 amide bonds. The third-order valence-electron chi connectivity index (χ3n) is 2.20. The second-order valence-electron chi connectivity index (χ2n) is 3.62. The zero-order chi connectivity index (χ0) is 11.8. The van der Waals surface area contributed by atoms with Gasteiger partial charge in [-0.2, -0.15) is 0 Å². The van der Waals surface area contributed by atoms with E-state index in [0.717, 1.165) is 30.8 Å². The molecular formula is C13H18ClNO. The lowest BCUT2D eigenvalue weighted by Gasteiger charge is -2.06.